The van der Waals surface area contributed by atoms with Crippen molar-refractivity contribution in [2.45, 2.75) is 13.0 Å². The van der Waals surface area contributed by atoms with E-state index in [9.17, 15) is 0 Å². The third kappa shape index (κ3) is 1.30. The van der Waals surface area contributed by atoms with Crippen molar-refractivity contribution in [2.24, 2.45) is 0 Å². The maximum Gasteiger partial charge on any atom is 0.125 e. The van der Waals surface area contributed by atoms with Gasteiger partial charge >= 0.3 is 0 Å². The van der Waals surface area contributed by atoms with Crippen LogP contribution in [-0.2, 0) is 4.74 Å². The molecule has 0 amide bonds. The summed E-state index contributed by atoms with van der Waals surface area (Å²) in [4.78, 5) is 0. The Balaban J connectivity index is 2.38. The molecule has 0 saturated carbocycles. The Morgan fingerprint density at radius 3 is 2.83 bits per heavy atom. The molecule has 12 heavy (non-hydrogen) atoms. The Morgan fingerprint density at radius 2 is 2.25 bits per heavy atom. The molecule has 1 heterocycles. The van der Waals surface area contributed by atoms with Crippen molar-refractivity contribution in [3.05, 3.63) is 29.3 Å². The molecule has 0 unspecified atom stereocenters. The molecule has 0 spiro atoms. The van der Waals surface area contributed by atoms with Crippen LogP contribution in [0.5, 0.6) is 5.75 Å². The van der Waals surface area contributed by atoms with Gasteiger partial charge in [0.05, 0.1) is 13.7 Å². The zero-order chi connectivity index (χ0) is 8.55. The molecular formula is C10H12O2. The lowest BCUT2D eigenvalue weighted by Crippen LogP contribution is -1.90. The summed E-state index contributed by atoms with van der Waals surface area (Å²) in [5, 5.41) is 0. The van der Waals surface area contributed by atoms with E-state index in [4.69, 9.17) is 9.47 Å². The zero-order valence-electron chi connectivity index (χ0n) is 7.33. The van der Waals surface area contributed by atoms with E-state index in [0.29, 0.717) is 0 Å². The average molecular weight is 164 g/mol. The van der Waals surface area contributed by atoms with Crippen molar-refractivity contribution in [3.8, 4) is 5.75 Å². The van der Waals surface area contributed by atoms with Gasteiger partial charge in [-0.25, -0.2) is 0 Å². The third-order valence-electron chi connectivity index (χ3n) is 2.07. The van der Waals surface area contributed by atoms with Crippen LogP contribution in [0.4, 0.5) is 0 Å². The first-order valence-corrected chi connectivity index (χ1v) is 4.07. The largest absolute Gasteiger partial charge is 0.496 e. The molecule has 2 heteroatoms. The highest BCUT2D eigenvalue weighted by molar-refractivity contribution is 5.39. The molecule has 1 aromatic rings. The van der Waals surface area contributed by atoms with E-state index in [1.54, 1.807) is 7.11 Å². The molecule has 0 N–H and O–H groups in total. The van der Waals surface area contributed by atoms with E-state index in [-0.39, 0.29) is 6.10 Å². The Bertz CT molecular complexity index is 290. The highest BCUT2D eigenvalue weighted by atomic mass is 16.6. The van der Waals surface area contributed by atoms with Crippen LogP contribution in [0.1, 0.15) is 17.2 Å². The van der Waals surface area contributed by atoms with Crippen molar-refractivity contribution < 1.29 is 9.47 Å². The average Bonchev–Trinajstić information content (AvgIpc) is 2.87. The van der Waals surface area contributed by atoms with Gasteiger partial charge in [-0.3, -0.25) is 0 Å². The van der Waals surface area contributed by atoms with Gasteiger partial charge in [0.2, 0.25) is 0 Å². The SMILES string of the molecule is COc1cc(C)ccc1[C@@H]1CO1. The van der Waals surface area contributed by atoms with Gasteiger partial charge in [0.15, 0.2) is 0 Å². The van der Waals surface area contributed by atoms with E-state index in [2.05, 4.69) is 19.1 Å². The fourth-order valence-corrected chi connectivity index (χ4v) is 1.31. The van der Waals surface area contributed by atoms with Crippen LogP contribution in [-0.4, -0.2) is 13.7 Å². The maximum absolute atomic E-state index is 5.25. The van der Waals surface area contributed by atoms with Gasteiger partial charge in [0, 0.05) is 5.56 Å². The second kappa shape index (κ2) is 2.79. The summed E-state index contributed by atoms with van der Waals surface area (Å²) in [5.41, 5.74) is 2.39. The minimum absolute atomic E-state index is 0.278. The van der Waals surface area contributed by atoms with Gasteiger partial charge in [-0.05, 0) is 18.6 Å². The van der Waals surface area contributed by atoms with Crippen molar-refractivity contribution in [3.63, 3.8) is 0 Å². The number of benzene rings is 1. The third-order valence-corrected chi connectivity index (χ3v) is 2.07. The quantitative estimate of drug-likeness (QED) is 0.624. The molecule has 1 atom stereocenters. The Morgan fingerprint density at radius 1 is 1.50 bits per heavy atom. The number of rotatable bonds is 2. The van der Waals surface area contributed by atoms with E-state index in [1.165, 1.54) is 11.1 Å². The topological polar surface area (TPSA) is 21.8 Å². The molecule has 0 aliphatic carbocycles. The number of epoxide rings is 1. The first-order valence-electron chi connectivity index (χ1n) is 4.07. The molecular weight excluding hydrogens is 152 g/mol. The smallest absolute Gasteiger partial charge is 0.125 e. The van der Waals surface area contributed by atoms with Gasteiger partial charge in [0.1, 0.15) is 11.9 Å². The first-order chi connectivity index (χ1) is 5.81. The molecule has 1 aromatic carbocycles. The van der Waals surface area contributed by atoms with Gasteiger partial charge in [0.25, 0.3) is 0 Å². The van der Waals surface area contributed by atoms with Crippen LogP contribution in [0.3, 0.4) is 0 Å². The number of hydrogen-bond acceptors (Lipinski definition) is 2. The molecule has 2 nitrogen and oxygen atoms in total. The predicted octanol–water partition coefficient (Wildman–Crippen LogP) is 2.07. The maximum atomic E-state index is 5.25. The fourth-order valence-electron chi connectivity index (χ4n) is 1.31. The van der Waals surface area contributed by atoms with Crippen molar-refractivity contribution >= 4 is 0 Å². The Kier molecular flexibility index (Phi) is 1.77. The van der Waals surface area contributed by atoms with Crippen LogP contribution < -0.4 is 4.74 Å². The number of methoxy groups -OCH3 is 1. The van der Waals surface area contributed by atoms with Crippen LogP contribution in [0.15, 0.2) is 18.2 Å². The number of hydrogen-bond donors (Lipinski definition) is 0. The van der Waals surface area contributed by atoms with E-state index in [0.717, 1.165) is 12.4 Å². The molecule has 1 aliphatic rings. The second-order valence-corrected chi connectivity index (χ2v) is 3.07. The summed E-state index contributed by atoms with van der Waals surface area (Å²) in [6.45, 7) is 2.89. The molecule has 0 radical (unpaired) electrons. The molecule has 2 rings (SSSR count). The predicted molar refractivity (Wildman–Crippen MR) is 46.4 cm³/mol. The van der Waals surface area contributed by atoms with Crippen LogP contribution in [0.25, 0.3) is 0 Å². The van der Waals surface area contributed by atoms with Crippen LogP contribution in [0.2, 0.25) is 0 Å². The summed E-state index contributed by atoms with van der Waals surface area (Å²) in [6, 6.07) is 6.20. The molecule has 64 valence electrons. The molecule has 1 saturated heterocycles. The Labute approximate surface area is 72.1 Å². The summed E-state index contributed by atoms with van der Waals surface area (Å²) in [5.74, 6) is 0.942. The minimum Gasteiger partial charge on any atom is -0.496 e. The van der Waals surface area contributed by atoms with Gasteiger partial charge in [-0.15, -0.1) is 0 Å². The van der Waals surface area contributed by atoms with E-state index >= 15 is 0 Å². The molecule has 0 aromatic heterocycles. The fraction of sp³-hybridized carbons (Fsp3) is 0.400. The van der Waals surface area contributed by atoms with Crippen molar-refractivity contribution in [2.75, 3.05) is 13.7 Å². The van der Waals surface area contributed by atoms with Crippen molar-refractivity contribution in [1.82, 2.24) is 0 Å². The highest BCUT2D eigenvalue weighted by Crippen LogP contribution is 2.36. The number of aryl methyl sites for hydroxylation is 1. The van der Waals surface area contributed by atoms with Crippen LogP contribution in [0, 0.1) is 6.92 Å². The lowest BCUT2D eigenvalue weighted by Gasteiger charge is -2.06. The molecule has 0 bridgehead atoms. The summed E-state index contributed by atoms with van der Waals surface area (Å²) >= 11 is 0. The zero-order valence-corrected chi connectivity index (χ0v) is 7.33. The summed E-state index contributed by atoms with van der Waals surface area (Å²) in [7, 11) is 1.70. The van der Waals surface area contributed by atoms with Gasteiger partial charge < -0.3 is 9.47 Å². The molecule has 1 fully saturated rings. The normalized spacial score (nSPS) is 20.7. The summed E-state index contributed by atoms with van der Waals surface area (Å²) in [6.07, 6.45) is 0.278. The highest BCUT2D eigenvalue weighted by Gasteiger charge is 2.27. The lowest BCUT2D eigenvalue weighted by atomic mass is 10.1. The minimum atomic E-state index is 0.278. The Hall–Kier alpha value is -1.02. The standard InChI is InChI=1S/C10H12O2/c1-7-3-4-8(10-6-12-10)9(5-7)11-2/h3-5,10H,6H2,1-2H3/t10-/m0/s1. The first kappa shape index (κ1) is 7.62. The van der Waals surface area contributed by atoms with E-state index < -0.39 is 0 Å². The van der Waals surface area contributed by atoms with Crippen molar-refractivity contribution in [1.29, 1.82) is 0 Å². The van der Waals surface area contributed by atoms with Gasteiger partial charge in [-0.1, -0.05) is 12.1 Å². The van der Waals surface area contributed by atoms with Gasteiger partial charge in [-0.2, -0.15) is 0 Å². The monoisotopic (exact) mass is 164 g/mol. The lowest BCUT2D eigenvalue weighted by molar-refractivity contribution is 0.383. The van der Waals surface area contributed by atoms with E-state index in [1.807, 2.05) is 6.07 Å². The second-order valence-electron chi connectivity index (χ2n) is 3.07. The molecule has 1 aliphatic heterocycles. The summed E-state index contributed by atoms with van der Waals surface area (Å²) < 4.78 is 10.4. The number of ether oxygens (including phenoxy) is 2. The van der Waals surface area contributed by atoms with Crippen LogP contribution >= 0.6 is 0 Å².